The van der Waals surface area contributed by atoms with Crippen molar-refractivity contribution in [2.75, 3.05) is 5.32 Å². The van der Waals surface area contributed by atoms with Crippen LogP contribution in [-0.2, 0) is 15.8 Å². The number of rotatable bonds is 3. The van der Waals surface area contributed by atoms with Gasteiger partial charge in [-0.25, -0.2) is 0 Å². The predicted octanol–water partition coefficient (Wildman–Crippen LogP) is 0.834. The number of aliphatic hydroxyl groups is 1. The molecule has 0 saturated heterocycles. The van der Waals surface area contributed by atoms with Crippen molar-refractivity contribution in [2.45, 2.75) is 18.6 Å². The van der Waals surface area contributed by atoms with Gasteiger partial charge in [-0.1, -0.05) is 30.3 Å². The van der Waals surface area contributed by atoms with Crippen LogP contribution < -0.4 is 40.2 Å². The van der Waals surface area contributed by atoms with E-state index in [1.807, 2.05) is 6.07 Å². The van der Waals surface area contributed by atoms with Gasteiger partial charge in [0, 0.05) is 12.1 Å². The Bertz CT molecular complexity index is 903. The SMILES string of the molecule is O=C(Nc1ccc(C(F)(F)F)cc1)C1=C(O)CC(c2ccccc2)NC1=O.[H-].[Na+]. The summed E-state index contributed by atoms with van der Waals surface area (Å²) in [5.41, 5.74) is -0.461. The van der Waals surface area contributed by atoms with E-state index in [9.17, 15) is 27.9 Å². The molecule has 28 heavy (non-hydrogen) atoms. The largest absolute Gasteiger partial charge is 1.00 e. The van der Waals surface area contributed by atoms with E-state index in [0.29, 0.717) is 0 Å². The van der Waals surface area contributed by atoms with Crippen molar-refractivity contribution in [2.24, 2.45) is 0 Å². The molecule has 1 aliphatic rings. The maximum atomic E-state index is 12.6. The number of carbonyl (C=O) groups is 2. The number of halogens is 3. The van der Waals surface area contributed by atoms with Gasteiger partial charge in [0.15, 0.2) is 0 Å². The Morgan fingerprint density at radius 1 is 1.11 bits per heavy atom. The van der Waals surface area contributed by atoms with Crippen molar-refractivity contribution in [3.05, 3.63) is 77.1 Å². The van der Waals surface area contributed by atoms with Crippen molar-refractivity contribution in [3.8, 4) is 0 Å². The molecule has 0 radical (unpaired) electrons. The van der Waals surface area contributed by atoms with Gasteiger partial charge >= 0.3 is 35.7 Å². The van der Waals surface area contributed by atoms with Crippen molar-refractivity contribution in [1.82, 2.24) is 5.32 Å². The van der Waals surface area contributed by atoms with Gasteiger partial charge in [0.1, 0.15) is 11.3 Å². The van der Waals surface area contributed by atoms with E-state index in [2.05, 4.69) is 10.6 Å². The average molecular weight is 400 g/mol. The quantitative estimate of drug-likeness (QED) is 0.528. The number of amides is 2. The first-order chi connectivity index (χ1) is 12.8. The molecule has 1 heterocycles. The first-order valence-corrected chi connectivity index (χ1v) is 8.02. The summed E-state index contributed by atoms with van der Waals surface area (Å²) >= 11 is 0. The third kappa shape index (κ3) is 4.95. The van der Waals surface area contributed by atoms with Gasteiger partial charge in [0.2, 0.25) is 0 Å². The van der Waals surface area contributed by atoms with Crippen LogP contribution in [0.5, 0.6) is 0 Å². The van der Waals surface area contributed by atoms with Gasteiger partial charge in [0.25, 0.3) is 11.8 Å². The monoisotopic (exact) mass is 400 g/mol. The number of benzene rings is 2. The summed E-state index contributed by atoms with van der Waals surface area (Å²) in [6, 6.07) is 12.3. The standard InChI is InChI=1S/C19H15F3N2O3.Na.H/c20-19(21,22)12-6-8-13(9-7-12)23-17(26)16-15(25)10-14(24-18(16)27)11-4-2-1-3-5-11;;/h1-9,14,25H,10H2,(H,23,26)(H,24,27);;/q;+1;-1. The molecular weight excluding hydrogens is 384 g/mol. The fraction of sp³-hybridized carbons (Fsp3) is 0.158. The molecule has 2 aromatic rings. The van der Waals surface area contributed by atoms with E-state index < -0.39 is 35.2 Å². The van der Waals surface area contributed by atoms with Gasteiger partial charge in [-0.3, -0.25) is 9.59 Å². The molecule has 3 rings (SSSR count). The van der Waals surface area contributed by atoms with E-state index in [1.165, 1.54) is 0 Å². The molecule has 5 nitrogen and oxygen atoms in total. The average Bonchev–Trinajstić information content (AvgIpc) is 2.61. The second kappa shape index (κ2) is 8.81. The zero-order chi connectivity index (χ0) is 19.6. The van der Waals surface area contributed by atoms with Gasteiger partial charge < -0.3 is 17.2 Å². The molecule has 1 aliphatic heterocycles. The Morgan fingerprint density at radius 2 is 1.71 bits per heavy atom. The topological polar surface area (TPSA) is 78.4 Å². The minimum atomic E-state index is -4.49. The second-order valence-electron chi connectivity index (χ2n) is 5.99. The number of hydrogen-bond acceptors (Lipinski definition) is 3. The summed E-state index contributed by atoms with van der Waals surface area (Å²) < 4.78 is 37.7. The van der Waals surface area contributed by atoms with Crippen molar-refractivity contribution < 1.29 is 58.9 Å². The van der Waals surface area contributed by atoms with Crippen LogP contribution in [0.2, 0.25) is 0 Å². The van der Waals surface area contributed by atoms with Crippen LogP contribution in [0, 0.1) is 0 Å². The molecule has 3 N–H and O–H groups in total. The molecule has 1 atom stereocenters. The second-order valence-corrected chi connectivity index (χ2v) is 5.99. The van der Waals surface area contributed by atoms with Gasteiger partial charge in [-0.2, -0.15) is 13.2 Å². The Hall–Kier alpha value is -2.29. The van der Waals surface area contributed by atoms with Gasteiger partial charge in [-0.15, -0.1) is 0 Å². The van der Waals surface area contributed by atoms with Crippen LogP contribution >= 0.6 is 0 Å². The van der Waals surface area contributed by atoms with E-state index in [0.717, 1.165) is 29.8 Å². The van der Waals surface area contributed by atoms with E-state index >= 15 is 0 Å². The van der Waals surface area contributed by atoms with E-state index in [4.69, 9.17) is 0 Å². The normalized spacial score (nSPS) is 16.8. The smallest absolute Gasteiger partial charge is 1.00 e. The molecule has 9 heteroatoms. The molecular formula is C19H16F3N2NaO3. The Balaban J connectivity index is 0.00000210. The van der Waals surface area contributed by atoms with E-state index in [1.54, 1.807) is 24.3 Å². The zero-order valence-electron chi connectivity index (χ0n) is 15.9. The molecule has 0 fully saturated rings. The minimum absolute atomic E-state index is 0. The number of nitrogens with one attached hydrogen (secondary N) is 2. The molecule has 2 amide bonds. The van der Waals surface area contributed by atoms with Gasteiger partial charge in [0.05, 0.1) is 11.6 Å². The molecule has 0 bridgehead atoms. The third-order valence-corrected chi connectivity index (χ3v) is 4.12. The molecule has 0 aliphatic carbocycles. The Morgan fingerprint density at radius 3 is 2.25 bits per heavy atom. The summed E-state index contributed by atoms with van der Waals surface area (Å²) in [7, 11) is 0. The molecule has 1 unspecified atom stereocenters. The van der Waals surface area contributed by atoms with Crippen molar-refractivity contribution in [3.63, 3.8) is 0 Å². The van der Waals surface area contributed by atoms with Crippen LogP contribution in [-0.4, -0.2) is 16.9 Å². The van der Waals surface area contributed by atoms with Crippen LogP contribution in [0.3, 0.4) is 0 Å². The third-order valence-electron chi connectivity index (χ3n) is 4.12. The maximum absolute atomic E-state index is 12.6. The molecule has 0 aromatic heterocycles. The molecule has 0 saturated carbocycles. The Labute approximate surface area is 182 Å². The first-order valence-electron chi connectivity index (χ1n) is 8.02. The fourth-order valence-electron chi connectivity index (χ4n) is 2.76. The van der Waals surface area contributed by atoms with Crippen LogP contribution in [0.15, 0.2) is 65.9 Å². The number of aliphatic hydroxyl groups excluding tert-OH is 1. The van der Waals surface area contributed by atoms with Crippen molar-refractivity contribution in [1.29, 1.82) is 0 Å². The molecule has 0 spiro atoms. The summed E-state index contributed by atoms with van der Waals surface area (Å²) in [6.07, 6.45) is -4.45. The number of alkyl halides is 3. The van der Waals surface area contributed by atoms with E-state index in [-0.39, 0.29) is 48.9 Å². The number of carbonyl (C=O) groups excluding carboxylic acids is 2. The number of anilines is 1. The van der Waals surface area contributed by atoms with Crippen molar-refractivity contribution >= 4 is 17.5 Å². The summed E-state index contributed by atoms with van der Waals surface area (Å²) in [5.74, 6) is -2.02. The fourth-order valence-corrected chi connectivity index (χ4v) is 2.76. The predicted molar refractivity (Wildman–Crippen MR) is 92.8 cm³/mol. The maximum Gasteiger partial charge on any atom is 1.00 e. The minimum Gasteiger partial charge on any atom is -1.00 e. The first kappa shape index (κ1) is 22.0. The zero-order valence-corrected chi connectivity index (χ0v) is 16.9. The Kier molecular flexibility index (Phi) is 6.92. The van der Waals surface area contributed by atoms with Crippen LogP contribution in [0.4, 0.5) is 18.9 Å². The molecule has 2 aromatic carbocycles. The molecule has 142 valence electrons. The number of hydrogen-bond donors (Lipinski definition) is 3. The van der Waals surface area contributed by atoms with Crippen LogP contribution in [0.25, 0.3) is 0 Å². The summed E-state index contributed by atoms with van der Waals surface area (Å²) in [5, 5.41) is 15.1. The van der Waals surface area contributed by atoms with Gasteiger partial charge in [-0.05, 0) is 29.8 Å². The van der Waals surface area contributed by atoms with Crippen LogP contribution in [0.1, 0.15) is 25.0 Å². The summed E-state index contributed by atoms with van der Waals surface area (Å²) in [4.78, 5) is 24.6. The summed E-state index contributed by atoms with van der Waals surface area (Å²) in [6.45, 7) is 0.